The van der Waals surface area contributed by atoms with Crippen LogP contribution in [0.5, 0.6) is 0 Å². The van der Waals surface area contributed by atoms with Gasteiger partial charge in [0.05, 0.1) is 17.7 Å². The number of halogens is 3. The van der Waals surface area contributed by atoms with Crippen LogP contribution < -0.4 is 10.6 Å². The summed E-state index contributed by atoms with van der Waals surface area (Å²) in [6.07, 6.45) is -5.24. The SMILES string of the molecule is CC(C)COC(=O)NCCNC(=O)c1ccccc1C(F)(F)F. The van der Waals surface area contributed by atoms with E-state index in [0.29, 0.717) is 0 Å². The Morgan fingerprint density at radius 1 is 1.13 bits per heavy atom. The lowest BCUT2D eigenvalue weighted by Gasteiger charge is -2.13. The van der Waals surface area contributed by atoms with Crippen LogP contribution in [0.2, 0.25) is 0 Å². The topological polar surface area (TPSA) is 67.4 Å². The normalized spacial score (nSPS) is 11.2. The number of carbonyl (C=O) groups excluding carboxylic acids is 2. The van der Waals surface area contributed by atoms with Crippen LogP contribution >= 0.6 is 0 Å². The molecule has 0 atom stereocenters. The average molecular weight is 332 g/mol. The van der Waals surface area contributed by atoms with Crippen molar-refractivity contribution in [1.29, 1.82) is 0 Å². The van der Waals surface area contributed by atoms with Crippen LogP contribution in [-0.2, 0) is 10.9 Å². The highest BCUT2D eigenvalue weighted by Crippen LogP contribution is 2.31. The van der Waals surface area contributed by atoms with Crippen molar-refractivity contribution in [3.05, 3.63) is 35.4 Å². The summed E-state index contributed by atoms with van der Waals surface area (Å²) >= 11 is 0. The highest BCUT2D eigenvalue weighted by atomic mass is 19.4. The maximum absolute atomic E-state index is 12.8. The predicted molar refractivity (Wildman–Crippen MR) is 78.0 cm³/mol. The molecule has 0 fully saturated rings. The molecular formula is C15H19F3N2O3. The van der Waals surface area contributed by atoms with Gasteiger partial charge >= 0.3 is 12.3 Å². The van der Waals surface area contributed by atoms with Gasteiger partial charge in [0.2, 0.25) is 0 Å². The Labute approximate surface area is 132 Å². The monoisotopic (exact) mass is 332 g/mol. The maximum atomic E-state index is 12.8. The van der Waals surface area contributed by atoms with Crippen molar-refractivity contribution in [2.24, 2.45) is 5.92 Å². The third-order valence-electron chi connectivity index (χ3n) is 2.70. The molecule has 0 radical (unpaired) electrons. The van der Waals surface area contributed by atoms with Gasteiger partial charge in [-0.25, -0.2) is 4.79 Å². The van der Waals surface area contributed by atoms with Gasteiger partial charge in [0.1, 0.15) is 0 Å². The molecule has 0 heterocycles. The van der Waals surface area contributed by atoms with E-state index in [0.717, 1.165) is 12.1 Å². The Morgan fingerprint density at radius 3 is 2.35 bits per heavy atom. The van der Waals surface area contributed by atoms with Gasteiger partial charge in [0, 0.05) is 13.1 Å². The van der Waals surface area contributed by atoms with Gasteiger partial charge in [-0.2, -0.15) is 13.2 Å². The summed E-state index contributed by atoms with van der Waals surface area (Å²) in [5, 5.41) is 4.71. The number of alkyl halides is 3. The Balaban J connectivity index is 2.45. The number of hydrogen-bond donors (Lipinski definition) is 2. The number of nitrogens with one attached hydrogen (secondary N) is 2. The number of carbonyl (C=O) groups is 2. The van der Waals surface area contributed by atoms with E-state index in [-0.39, 0.29) is 25.6 Å². The largest absolute Gasteiger partial charge is 0.449 e. The molecule has 0 saturated heterocycles. The van der Waals surface area contributed by atoms with Gasteiger partial charge in [-0.15, -0.1) is 0 Å². The fourth-order valence-corrected chi connectivity index (χ4v) is 1.66. The molecule has 128 valence electrons. The Bertz CT molecular complexity index is 545. The summed E-state index contributed by atoms with van der Waals surface area (Å²) in [7, 11) is 0. The molecule has 1 aromatic rings. The first-order valence-corrected chi connectivity index (χ1v) is 7.07. The molecule has 2 amide bonds. The average Bonchev–Trinajstić information content (AvgIpc) is 2.48. The second kappa shape index (κ2) is 8.40. The summed E-state index contributed by atoms with van der Waals surface area (Å²) in [4.78, 5) is 23.1. The van der Waals surface area contributed by atoms with Crippen molar-refractivity contribution in [1.82, 2.24) is 10.6 Å². The lowest BCUT2D eigenvalue weighted by Crippen LogP contribution is -2.36. The van der Waals surface area contributed by atoms with Crippen LogP contribution in [0.4, 0.5) is 18.0 Å². The fourth-order valence-electron chi connectivity index (χ4n) is 1.66. The molecule has 8 heteroatoms. The molecule has 0 aromatic heterocycles. The lowest BCUT2D eigenvalue weighted by molar-refractivity contribution is -0.137. The van der Waals surface area contributed by atoms with E-state index in [9.17, 15) is 22.8 Å². The number of alkyl carbamates (subject to hydrolysis) is 1. The number of benzene rings is 1. The summed E-state index contributed by atoms with van der Waals surface area (Å²) in [5.74, 6) is -0.658. The quantitative estimate of drug-likeness (QED) is 0.787. The standard InChI is InChI=1S/C15H19F3N2O3/c1-10(2)9-23-14(22)20-8-7-19-13(21)11-5-3-4-6-12(11)15(16,17)18/h3-6,10H,7-9H2,1-2H3,(H,19,21)(H,20,22). The van der Waals surface area contributed by atoms with E-state index in [2.05, 4.69) is 10.6 Å². The minimum Gasteiger partial charge on any atom is -0.449 e. The summed E-state index contributed by atoms with van der Waals surface area (Å²) in [6, 6.07) is 4.51. The van der Waals surface area contributed by atoms with Crippen molar-refractivity contribution in [2.45, 2.75) is 20.0 Å². The highest BCUT2D eigenvalue weighted by molar-refractivity contribution is 5.95. The molecule has 0 saturated carbocycles. The van der Waals surface area contributed by atoms with E-state index in [4.69, 9.17) is 4.74 Å². The van der Waals surface area contributed by atoms with Gasteiger partial charge < -0.3 is 15.4 Å². The van der Waals surface area contributed by atoms with Crippen LogP contribution in [0.15, 0.2) is 24.3 Å². The molecule has 0 aliphatic carbocycles. The number of amides is 2. The van der Waals surface area contributed by atoms with E-state index >= 15 is 0 Å². The minimum absolute atomic E-state index is 0.0121. The molecule has 0 unspecified atom stereocenters. The van der Waals surface area contributed by atoms with E-state index < -0.39 is 29.3 Å². The molecule has 0 spiro atoms. The zero-order chi connectivity index (χ0) is 17.5. The van der Waals surface area contributed by atoms with Crippen molar-refractivity contribution >= 4 is 12.0 Å². The molecule has 1 aromatic carbocycles. The molecular weight excluding hydrogens is 313 g/mol. The maximum Gasteiger partial charge on any atom is 0.417 e. The minimum atomic E-state index is -4.60. The van der Waals surface area contributed by atoms with Gasteiger partial charge in [-0.1, -0.05) is 26.0 Å². The molecule has 0 aliphatic heterocycles. The zero-order valence-electron chi connectivity index (χ0n) is 12.9. The molecule has 23 heavy (non-hydrogen) atoms. The van der Waals surface area contributed by atoms with Gasteiger partial charge in [0.15, 0.2) is 0 Å². The molecule has 1 rings (SSSR count). The van der Waals surface area contributed by atoms with Gasteiger partial charge in [0.25, 0.3) is 5.91 Å². The van der Waals surface area contributed by atoms with Crippen molar-refractivity contribution < 1.29 is 27.5 Å². The van der Waals surface area contributed by atoms with Crippen LogP contribution in [0, 0.1) is 5.92 Å². The Kier molecular flexibility index (Phi) is 6.87. The van der Waals surface area contributed by atoms with Gasteiger partial charge in [-0.05, 0) is 18.1 Å². The predicted octanol–water partition coefficient (Wildman–Crippen LogP) is 2.82. The lowest BCUT2D eigenvalue weighted by atomic mass is 10.1. The second-order valence-electron chi connectivity index (χ2n) is 5.22. The van der Waals surface area contributed by atoms with Crippen LogP contribution in [0.1, 0.15) is 29.8 Å². The van der Waals surface area contributed by atoms with E-state index in [1.807, 2.05) is 13.8 Å². The Hall–Kier alpha value is -2.25. The molecule has 5 nitrogen and oxygen atoms in total. The summed E-state index contributed by atoms with van der Waals surface area (Å²) < 4.78 is 43.2. The summed E-state index contributed by atoms with van der Waals surface area (Å²) in [5.41, 5.74) is -1.45. The first-order chi connectivity index (χ1) is 10.7. The highest BCUT2D eigenvalue weighted by Gasteiger charge is 2.34. The van der Waals surface area contributed by atoms with Crippen molar-refractivity contribution in [3.8, 4) is 0 Å². The third kappa shape index (κ3) is 6.58. The fraction of sp³-hybridized carbons (Fsp3) is 0.467. The first kappa shape index (κ1) is 18.8. The summed E-state index contributed by atoms with van der Waals surface area (Å²) in [6.45, 7) is 4.06. The van der Waals surface area contributed by atoms with Crippen molar-refractivity contribution in [2.75, 3.05) is 19.7 Å². The van der Waals surface area contributed by atoms with Crippen LogP contribution in [0.25, 0.3) is 0 Å². The van der Waals surface area contributed by atoms with Crippen molar-refractivity contribution in [3.63, 3.8) is 0 Å². The van der Waals surface area contributed by atoms with Crippen LogP contribution in [-0.4, -0.2) is 31.7 Å². The van der Waals surface area contributed by atoms with E-state index in [1.54, 1.807) is 0 Å². The zero-order valence-corrected chi connectivity index (χ0v) is 12.9. The smallest absolute Gasteiger partial charge is 0.417 e. The number of ether oxygens (including phenoxy) is 1. The third-order valence-corrected chi connectivity index (χ3v) is 2.70. The first-order valence-electron chi connectivity index (χ1n) is 7.07. The van der Waals surface area contributed by atoms with Crippen LogP contribution in [0.3, 0.4) is 0 Å². The van der Waals surface area contributed by atoms with Gasteiger partial charge in [-0.3, -0.25) is 4.79 Å². The number of rotatable bonds is 6. The Morgan fingerprint density at radius 2 is 1.74 bits per heavy atom. The molecule has 2 N–H and O–H groups in total. The molecule has 0 aliphatic rings. The van der Waals surface area contributed by atoms with E-state index in [1.165, 1.54) is 12.1 Å². The molecule has 0 bridgehead atoms. The number of hydrogen-bond acceptors (Lipinski definition) is 3. The second-order valence-corrected chi connectivity index (χ2v) is 5.22.